The van der Waals surface area contributed by atoms with Crippen LogP contribution in [0.15, 0.2) is 0 Å². The minimum atomic E-state index is -2.91. The predicted octanol–water partition coefficient (Wildman–Crippen LogP) is 1.19. The first-order valence-electron chi connectivity index (χ1n) is 6.81. The fraction of sp³-hybridized carbons (Fsp3) is 1.00. The van der Waals surface area contributed by atoms with Crippen molar-refractivity contribution in [1.29, 1.82) is 0 Å². The Morgan fingerprint density at radius 2 is 2.00 bits per heavy atom. The van der Waals surface area contributed by atoms with Crippen molar-refractivity contribution in [3.05, 3.63) is 0 Å². The first kappa shape index (κ1) is 13.3. The molecule has 0 aromatic rings. The van der Waals surface area contributed by atoms with E-state index in [1.54, 1.807) is 4.31 Å². The minimum absolute atomic E-state index is 0.340. The van der Waals surface area contributed by atoms with Crippen LogP contribution >= 0.6 is 0 Å². The van der Waals surface area contributed by atoms with Gasteiger partial charge in [0, 0.05) is 25.7 Å². The van der Waals surface area contributed by atoms with Gasteiger partial charge < -0.3 is 5.32 Å². The van der Waals surface area contributed by atoms with Gasteiger partial charge in [0.2, 0.25) is 10.0 Å². The zero-order valence-corrected chi connectivity index (χ0v) is 11.5. The second-order valence-corrected chi connectivity index (χ2v) is 7.48. The molecule has 1 aliphatic heterocycles. The Kier molecular flexibility index (Phi) is 4.44. The smallest absolute Gasteiger partial charge is 0.214 e. The molecule has 1 aliphatic carbocycles. The summed E-state index contributed by atoms with van der Waals surface area (Å²) in [4.78, 5) is 0. The average molecular weight is 260 g/mol. The van der Waals surface area contributed by atoms with Crippen LogP contribution < -0.4 is 5.32 Å². The van der Waals surface area contributed by atoms with Crippen molar-refractivity contribution in [2.45, 2.75) is 45.1 Å². The lowest BCUT2D eigenvalue weighted by Crippen LogP contribution is -2.42. The molecule has 1 saturated heterocycles. The van der Waals surface area contributed by atoms with Gasteiger partial charge in [-0.25, -0.2) is 12.7 Å². The minimum Gasteiger partial charge on any atom is -0.312 e. The highest BCUT2D eigenvalue weighted by atomic mass is 32.2. The topological polar surface area (TPSA) is 49.4 Å². The Morgan fingerprint density at radius 1 is 1.24 bits per heavy atom. The number of hydrogen-bond donors (Lipinski definition) is 1. The third-order valence-electron chi connectivity index (χ3n) is 4.08. The fourth-order valence-electron chi connectivity index (χ4n) is 2.94. The lowest BCUT2D eigenvalue weighted by molar-refractivity contribution is 0.275. The van der Waals surface area contributed by atoms with E-state index in [4.69, 9.17) is 0 Å². The van der Waals surface area contributed by atoms with Gasteiger partial charge in [-0.15, -0.1) is 0 Å². The molecule has 0 aromatic heterocycles. The Morgan fingerprint density at radius 3 is 2.65 bits per heavy atom. The maximum atomic E-state index is 11.6. The molecule has 2 rings (SSSR count). The van der Waals surface area contributed by atoms with Gasteiger partial charge in [0.1, 0.15) is 0 Å². The van der Waals surface area contributed by atoms with Gasteiger partial charge in [-0.3, -0.25) is 0 Å². The number of sulfonamides is 1. The maximum Gasteiger partial charge on any atom is 0.214 e. The van der Waals surface area contributed by atoms with Crippen LogP contribution in [-0.4, -0.2) is 44.2 Å². The molecule has 100 valence electrons. The van der Waals surface area contributed by atoms with E-state index in [1.807, 2.05) is 0 Å². The predicted molar refractivity (Wildman–Crippen MR) is 69.4 cm³/mol. The quantitative estimate of drug-likeness (QED) is 0.826. The summed E-state index contributed by atoms with van der Waals surface area (Å²) in [6.45, 7) is 4.45. The Balaban J connectivity index is 1.72. The first-order chi connectivity index (χ1) is 8.09. The molecule has 1 N–H and O–H groups in total. The molecule has 2 fully saturated rings. The van der Waals surface area contributed by atoms with Crippen LogP contribution in [0.2, 0.25) is 0 Å². The Bertz CT molecular complexity index is 342. The molecule has 1 heterocycles. The number of nitrogens with zero attached hydrogens (tertiary/aromatic N) is 1. The van der Waals surface area contributed by atoms with Crippen molar-refractivity contribution >= 4 is 10.0 Å². The van der Waals surface area contributed by atoms with Gasteiger partial charge in [-0.1, -0.05) is 19.8 Å². The summed E-state index contributed by atoms with van der Waals surface area (Å²) in [6, 6.07) is 0.592. The molecular weight excluding hydrogens is 236 g/mol. The van der Waals surface area contributed by atoms with Crippen LogP contribution in [-0.2, 0) is 10.0 Å². The largest absolute Gasteiger partial charge is 0.312 e. The molecule has 0 amide bonds. The molecule has 5 heteroatoms. The lowest BCUT2D eigenvalue weighted by Gasteiger charge is -2.30. The van der Waals surface area contributed by atoms with E-state index in [0.717, 1.165) is 18.9 Å². The molecular formula is C12H24N2O2S. The third-order valence-corrected chi connectivity index (χ3v) is 6.04. The third kappa shape index (κ3) is 3.42. The van der Waals surface area contributed by atoms with Crippen molar-refractivity contribution in [1.82, 2.24) is 9.62 Å². The normalized spacial score (nSPS) is 33.9. The number of rotatable bonds is 4. The molecule has 4 nitrogen and oxygen atoms in total. The summed E-state index contributed by atoms with van der Waals surface area (Å²) in [5, 5.41) is 3.53. The van der Waals surface area contributed by atoms with Crippen LogP contribution in [0.3, 0.4) is 0 Å². The van der Waals surface area contributed by atoms with Crippen LogP contribution in [0.5, 0.6) is 0 Å². The van der Waals surface area contributed by atoms with Crippen molar-refractivity contribution in [2.24, 2.45) is 5.92 Å². The summed E-state index contributed by atoms with van der Waals surface area (Å²) in [7, 11) is -2.91. The van der Waals surface area contributed by atoms with Crippen LogP contribution in [0.4, 0.5) is 0 Å². The highest BCUT2D eigenvalue weighted by Gasteiger charge is 2.28. The Labute approximate surface area is 105 Å². The van der Waals surface area contributed by atoms with Crippen LogP contribution in [0.1, 0.15) is 39.0 Å². The molecule has 0 spiro atoms. The summed E-state index contributed by atoms with van der Waals surface area (Å²) >= 11 is 0. The molecule has 0 bridgehead atoms. The van der Waals surface area contributed by atoms with E-state index in [1.165, 1.54) is 25.7 Å². The van der Waals surface area contributed by atoms with E-state index in [-0.39, 0.29) is 0 Å². The van der Waals surface area contributed by atoms with E-state index in [9.17, 15) is 8.42 Å². The average Bonchev–Trinajstić information content (AvgIpc) is 2.61. The van der Waals surface area contributed by atoms with E-state index >= 15 is 0 Å². The van der Waals surface area contributed by atoms with Crippen molar-refractivity contribution in [3.8, 4) is 0 Å². The van der Waals surface area contributed by atoms with Gasteiger partial charge in [0.05, 0.1) is 5.75 Å². The molecule has 0 aromatic carbocycles. The van der Waals surface area contributed by atoms with Crippen molar-refractivity contribution in [2.75, 3.05) is 25.4 Å². The summed E-state index contributed by atoms with van der Waals surface area (Å²) in [5.74, 6) is 1.08. The maximum absolute atomic E-state index is 11.6. The van der Waals surface area contributed by atoms with Gasteiger partial charge >= 0.3 is 0 Å². The van der Waals surface area contributed by atoms with E-state index in [0.29, 0.717) is 24.9 Å². The summed E-state index contributed by atoms with van der Waals surface area (Å²) in [5.41, 5.74) is 0. The standard InChI is InChI=1S/C12H24N2O2S/c1-11-5-2-3-6-12(11)13-7-9-14-8-4-10-17(14,15)16/h11-13H,2-10H2,1H3. The van der Waals surface area contributed by atoms with Gasteiger partial charge in [-0.05, 0) is 25.2 Å². The molecule has 2 aliphatic rings. The monoisotopic (exact) mass is 260 g/mol. The van der Waals surface area contributed by atoms with Crippen LogP contribution in [0, 0.1) is 5.92 Å². The molecule has 2 unspecified atom stereocenters. The second kappa shape index (κ2) is 5.67. The fourth-order valence-corrected chi connectivity index (χ4v) is 4.47. The highest BCUT2D eigenvalue weighted by Crippen LogP contribution is 2.23. The van der Waals surface area contributed by atoms with Gasteiger partial charge in [0.25, 0.3) is 0 Å². The SMILES string of the molecule is CC1CCCCC1NCCN1CCCS1(=O)=O. The van der Waals surface area contributed by atoms with Crippen LogP contribution in [0.25, 0.3) is 0 Å². The van der Waals surface area contributed by atoms with E-state index < -0.39 is 10.0 Å². The molecule has 2 atom stereocenters. The number of nitrogens with one attached hydrogen (secondary N) is 1. The van der Waals surface area contributed by atoms with Gasteiger partial charge in [0.15, 0.2) is 0 Å². The highest BCUT2D eigenvalue weighted by molar-refractivity contribution is 7.89. The van der Waals surface area contributed by atoms with Crippen molar-refractivity contribution < 1.29 is 8.42 Å². The summed E-state index contributed by atoms with van der Waals surface area (Å²) in [6.07, 6.45) is 6.00. The Hall–Kier alpha value is -0.130. The van der Waals surface area contributed by atoms with E-state index in [2.05, 4.69) is 12.2 Å². The molecule has 0 radical (unpaired) electrons. The van der Waals surface area contributed by atoms with Gasteiger partial charge in [-0.2, -0.15) is 0 Å². The molecule has 17 heavy (non-hydrogen) atoms. The zero-order chi connectivity index (χ0) is 12.3. The second-order valence-electron chi connectivity index (χ2n) is 5.39. The zero-order valence-electron chi connectivity index (χ0n) is 10.7. The summed E-state index contributed by atoms with van der Waals surface area (Å²) < 4.78 is 24.8. The lowest BCUT2D eigenvalue weighted by atomic mass is 9.86. The number of hydrogen-bond acceptors (Lipinski definition) is 3. The first-order valence-corrected chi connectivity index (χ1v) is 8.42. The molecule has 1 saturated carbocycles. The van der Waals surface area contributed by atoms with Crippen molar-refractivity contribution in [3.63, 3.8) is 0 Å².